The minimum Gasteiger partial charge on any atom is -0.311 e. The number of nitrogens with zero attached hydrogens (tertiary/aromatic N) is 3. The highest BCUT2D eigenvalue weighted by Crippen LogP contribution is 2.50. The summed E-state index contributed by atoms with van der Waals surface area (Å²) < 4.78 is 0. The first-order valence-electron chi connectivity index (χ1n) is 30.4. The molecule has 14 rings (SSSR count). The number of benzene rings is 12. The molecule has 12 aromatic carbocycles. The predicted molar refractivity (Wildman–Crippen MR) is 372 cm³/mol. The molecule has 0 atom stereocenters. The number of hydrogen-bond donors (Lipinski definition) is 0. The lowest BCUT2D eigenvalue weighted by Gasteiger charge is -2.46. The Morgan fingerprint density at radius 2 is 0.791 bits per heavy atom. The lowest BCUT2D eigenvalue weighted by Crippen LogP contribution is -2.75. The van der Waals surface area contributed by atoms with Crippen LogP contribution in [0.5, 0.6) is 0 Å². The van der Waals surface area contributed by atoms with Gasteiger partial charge in [-0.1, -0.05) is 260 Å². The second-order valence-corrected chi connectivity index (χ2v) is 29.2. The second-order valence-electron chi connectivity index (χ2n) is 25.4. The lowest BCUT2D eigenvalue weighted by atomic mass is 9.33. The zero-order valence-corrected chi connectivity index (χ0v) is 51.2. The largest absolute Gasteiger partial charge is 0.311 e. The molecule has 5 heteroatoms. The summed E-state index contributed by atoms with van der Waals surface area (Å²) in [6.07, 6.45) is 0. The quantitative estimate of drug-likeness (QED) is 0.0944. The molecule has 0 amide bonds. The Morgan fingerprint density at radius 3 is 1.30 bits per heavy atom. The van der Waals surface area contributed by atoms with Gasteiger partial charge in [0.1, 0.15) is 0 Å². The van der Waals surface area contributed by atoms with Crippen LogP contribution in [0.4, 0.5) is 51.2 Å². The van der Waals surface area contributed by atoms with Gasteiger partial charge in [0, 0.05) is 51.1 Å². The molecule has 2 aliphatic rings. The monoisotopic (exact) mass is 1120 g/mol. The Morgan fingerprint density at radius 1 is 0.326 bits per heavy atom. The molecule has 0 saturated carbocycles. The maximum Gasteiger partial charge on any atom is 0.252 e. The van der Waals surface area contributed by atoms with Crippen LogP contribution >= 0.6 is 0 Å². The number of rotatable bonds is 11. The van der Waals surface area contributed by atoms with Crippen LogP contribution in [-0.4, -0.2) is 14.8 Å². The molecule has 0 radical (unpaired) electrons. The van der Waals surface area contributed by atoms with Crippen LogP contribution in [0.25, 0.3) is 22.3 Å². The summed E-state index contributed by atoms with van der Waals surface area (Å²) in [5.74, 6) is 0. The second kappa shape index (κ2) is 21.7. The summed E-state index contributed by atoms with van der Waals surface area (Å²) in [7, 11) is -3.05. The molecule has 2 heterocycles. The third kappa shape index (κ3) is 9.48. The molecule has 3 nitrogen and oxygen atoms in total. The molecule has 0 unspecified atom stereocenters. The average molecular weight is 1120 g/mol. The van der Waals surface area contributed by atoms with Crippen molar-refractivity contribution in [2.24, 2.45) is 0 Å². The van der Waals surface area contributed by atoms with E-state index in [-0.39, 0.29) is 17.5 Å². The summed E-state index contributed by atoms with van der Waals surface area (Å²) >= 11 is 0. The Labute approximate surface area is 510 Å². The molecular weight excluding hydrogens is 1050 g/mol. The molecule has 2 aliphatic heterocycles. The third-order valence-electron chi connectivity index (χ3n) is 17.9. The zero-order chi connectivity index (χ0) is 58.7. The minimum absolute atomic E-state index is 0.124. The van der Waals surface area contributed by atoms with Crippen molar-refractivity contribution in [3.05, 3.63) is 314 Å². The van der Waals surface area contributed by atoms with Gasteiger partial charge in [-0.3, -0.25) is 0 Å². The van der Waals surface area contributed by atoms with Gasteiger partial charge in [0.25, 0.3) is 6.71 Å². The van der Waals surface area contributed by atoms with Gasteiger partial charge in [-0.05, 0) is 167 Å². The third-order valence-corrected chi connectivity index (χ3v) is 22.6. The van der Waals surface area contributed by atoms with E-state index in [1.54, 1.807) is 0 Å². The molecule has 0 aliphatic carbocycles. The molecule has 0 saturated heterocycles. The molecule has 416 valence electrons. The van der Waals surface area contributed by atoms with Gasteiger partial charge in [0.2, 0.25) is 0 Å². The van der Waals surface area contributed by atoms with E-state index in [2.05, 4.69) is 360 Å². The zero-order valence-electron chi connectivity index (χ0n) is 50.2. The highest BCUT2D eigenvalue weighted by Gasteiger charge is 2.47. The number of para-hydroxylation sites is 2. The van der Waals surface area contributed by atoms with Crippen molar-refractivity contribution in [3.63, 3.8) is 0 Å². The molecule has 0 bridgehead atoms. The fraction of sp³-hybridized carbons (Fsp3) is 0.111. The van der Waals surface area contributed by atoms with Gasteiger partial charge in [-0.25, -0.2) is 0 Å². The van der Waals surface area contributed by atoms with Crippen LogP contribution in [0, 0.1) is 6.92 Å². The van der Waals surface area contributed by atoms with Gasteiger partial charge in [0.15, 0.2) is 8.07 Å². The van der Waals surface area contributed by atoms with E-state index in [1.165, 1.54) is 98.8 Å². The fourth-order valence-corrected chi connectivity index (χ4v) is 18.5. The molecule has 0 spiro atoms. The van der Waals surface area contributed by atoms with E-state index in [9.17, 15) is 0 Å². The lowest BCUT2D eigenvalue weighted by molar-refractivity contribution is 0.569. The molecular formula is C81H70BN3Si. The summed E-state index contributed by atoms with van der Waals surface area (Å²) in [6.45, 7) is 16.2. The van der Waals surface area contributed by atoms with Gasteiger partial charge < -0.3 is 14.7 Å². The highest BCUT2D eigenvalue weighted by atomic mass is 28.3. The highest BCUT2D eigenvalue weighted by molar-refractivity contribution is 7.20. The van der Waals surface area contributed by atoms with E-state index in [4.69, 9.17) is 0 Å². The average Bonchev–Trinajstić information content (AvgIpc) is 3.32. The summed E-state index contributed by atoms with van der Waals surface area (Å²) in [6, 6.07) is 112. The van der Waals surface area contributed by atoms with Gasteiger partial charge in [0.05, 0.1) is 5.69 Å². The van der Waals surface area contributed by atoms with Crippen LogP contribution in [0.2, 0.25) is 0 Å². The Kier molecular flexibility index (Phi) is 13.7. The van der Waals surface area contributed by atoms with Crippen LogP contribution in [0.3, 0.4) is 0 Å². The van der Waals surface area contributed by atoms with Crippen LogP contribution in [-0.2, 0) is 10.8 Å². The van der Waals surface area contributed by atoms with Crippen LogP contribution in [0.15, 0.2) is 297 Å². The van der Waals surface area contributed by atoms with Crippen molar-refractivity contribution < 1.29 is 0 Å². The Hall–Kier alpha value is -9.68. The van der Waals surface area contributed by atoms with Gasteiger partial charge in [-0.2, -0.15) is 0 Å². The fourth-order valence-electron chi connectivity index (χ4n) is 13.7. The summed E-state index contributed by atoms with van der Waals surface area (Å²) in [5, 5.41) is 5.38. The topological polar surface area (TPSA) is 9.72 Å². The van der Waals surface area contributed by atoms with Crippen LogP contribution < -0.4 is 51.8 Å². The number of fused-ring (bicyclic) bond motifs is 4. The standard InChI is InChI=1S/C81H70BN3Si/c1-57-49-77-79-78(50-57)85(74-47-43-60(58-29-15-8-16-30-58)51-71(74)59-31-17-9-18-32-59)75-48-45-70(86(67-37-23-12-24-38-67,68-39-25-13-26-40-68)69-41-27-14-28-42-69)56-73(75)82(79)72-46-44-65(83(63-33-19-10-20-34-63)64-35-21-11-22-36-64)55-76(72)84(77)66-53-61(80(2,3)4)52-62(54-66)81(5,6)7/h8-56H,1-7H3. The molecule has 0 aromatic heterocycles. The van der Waals surface area contributed by atoms with E-state index in [1.807, 2.05) is 0 Å². The summed E-state index contributed by atoms with van der Waals surface area (Å²) in [4.78, 5) is 7.69. The van der Waals surface area contributed by atoms with Crippen molar-refractivity contribution >= 4 is 103 Å². The van der Waals surface area contributed by atoms with Gasteiger partial charge >= 0.3 is 0 Å². The van der Waals surface area contributed by atoms with E-state index < -0.39 is 8.07 Å². The minimum atomic E-state index is -3.05. The SMILES string of the molecule is Cc1cc2c3c(c1)N(c1ccc(-c4ccccc4)cc1-c1ccccc1)c1ccc([Si](c4ccccc4)(c4ccccc4)c4ccccc4)cc1B3c1ccc(N(c3ccccc3)c3ccccc3)cc1N2c1cc(C(C)(C)C)cc(C(C)(C)C)c1. The number of hydrogen-bond acceptors (Lipinski definition) is 3. The van der Waals surface area contributed by atoms with E-state index in [0.717, 1.165) is 28.4 Å². The first-order valence-corrected chi connectivity index (χ1v) is 32.4. The van der Waals surface area contributed by atoms with Crippen molar-refractivity contribution in [3.8, 4) is 22.3 Å². The van der Waals surface area contributed by atoms with Crippen molar-refractivity contribution in [1.82, 2.24) is 0 Å². The number of anilines is 9. The molecule has 0 N–H and O–H groups in total. The smallest absolute Gasteiger partial charge is 0.252 e. The van der Waals surface area contributed by atoms with Crippen molar-refractivity contribution in [1.29, 1.82) is 0 Å². The molecule has 12 aromatic rings. The normalized spacial score (nSPS) is 12.8. The Bertz CT molecular complexity index is 4260. The molecule has 86 heavy (non-hydrogen) atoms. The maximum atomic E-state index is 2.66. The van der Waals surface area contributed by atoms with Crippen LogP contribution in [0.1, 0.15) is 58.2 Å². The number of aryl methyl sites for hydroxylation is 1. The van der Waals surface area contributed by atoms with Crippen molar-refractivity contribution in [2.75, 3.05) is 14.7 Å². The predicted octanol–water partition coefficient (Wildman–Crippen LogP) is 16.9. The van der Waals surface area contributed by atoms with E-state index >= 15 is 0 Å². The molecule has 0 fully saturated rings. The first kappa shape index (κ1) is 54.3. The Balaban J connectivity index is 1.12. The summed E-state index contributed by atoms with van der Waals surface area (Å²) in [5.41, 5.74) is 22.4. The van der Waals surface area contributed by atoms with E-state index in [0.29, 0.717) is 0 Å². The first-order chi connectivity index (χ1) is 41.8. The van der Waals surface area contributed by atoms with Crippen molar-refractivity contribution in [2.45, 2.75) is 59.3 Å². The van der Waals surface area contributed by atoms with Gasteiger partial charge in [-0.15, -0.1) is 0 Å². The maximum absolute atomic E-state index is 3.05.